The van der Waals surface area contributed by atoms with E-state index in [1.807, 2.05) is 19.1 Å². The normalized spacial score (nSPS) is 12.3. The largest absolute Gasteiger partial charge is 0.452 e. The van der Waals surface area contributed by atoms with Crippen LogP contribution in [0.1, 0.15) is 23.6 Å². The number of carbonyl (C=O) groups excluding carboxylic acids is 2. The Balaban J connectivity index is 1.92. The Labute approximate surface area is 149 Å². The Morgan fingerprint density at radius 2 is 1.77 bits per heavy atom. The zero-order valence-electron chi connectivity index (χ0n) is 14.3. The Hall–Kier alpha value is -2.83. The first-order chi connectivity index (χ1) is 12.1. The minimum atomic E-state index is -4.48. The molecule has 0 radical (unpaired) electrons. The predicted molar refractivity (Wildman–Crippen MR) is 90.5 cm³/mol. The molecule has 0 saturated heterocycles. The Morgan fingerprint density at radius 1 is 1.12 bits per heavy atom. The van der Waals surface area contributed by atoms with Gasteiger partial charge in [-0.25, -0.2) is 0 Å². The molecule has 0 heterocycles. The number of carbonyl (C=O) groups is 2. The molecule has 0 aromatic heterocycles. The molecule has 0 aliphatic carbocycles. The Kier molecular flexibility index (Phi) is 6.02. The highest BCUT2D eigenvalue weighted by molar-refractivity contribution is 5.95. The highest BCUT2D eigenvalue weighted by atomic mass is 19.4. The molecular weight excluding hydrogens is 347 g/mol. The zero-order chi connectivity index (χ0) is 19.3. The summed E-state index contributed by atoms with van der Waals surface area (Å²) in [5, 5.41) is 2.60. The van der Waals surface area contributed by atoms with Gasteiger partial charge in [0.1, 0.15) is 0 Å². The molecule has 7 heteroatoms. The molecule has 2 aromatic carbocycles. The maximum absolute atomic E-state index is 12.7. The second-order valence-corrected chi connectivity index (χ2v) is 5.86. The van der Waals surface area contributed by atoms with Crippen LogP contribution in [0.2, 0.25) is 0 Å². The summed E-state index contributed by atoms with van der Waals surface area (Å²) in [6.07, 6.45) is -5.91. The molecule has 0 fully saturated rings. The minimum absolute atomic E-state index is 0.163. The van der Waals surface area contributed by atoms with Crippen LogP contribution in [-0.4, -0.2) is 18.0 Å². The summed E-state index contributed by atoms with van der Waals surface area (Å²) in [6.45, 7) is 3.30. The SMILES string of the molecule is Cc1ccc(NC(=O)[C@H](C)OC(=O)Cc2cccc(C(F)(F)F)c2)cc1. The van der Waals surface area contributed by atoms with E-state index in [4.69, 9.17) is 4.74 Å². The maximum atomic E-state index is 12.7. The van der Waals surface area contributed by atoms with Gasteiger partial charge in [0.05, 0.1) is 12.0 Å². The second-order valence-electron chi connectivity index (χ2n) is 5.86. The summed E-state index contributed by atoms with van der Waals surface area (Å²) in [6, 6.07) is 11.5. The van der Waals surface area contributed by atoms with Gasteiger partial charge in [-0.3, -0.25) is 9.59 Å². The van der Waals surface area contributed by atoms with E-state index in [2.05, 4.69) is 5.32 Å². The lowest BCUT2D eigenvalue weighted by Crippen LogP contribution is -2.30. The van der Waals surface area contributed by atoms with Crippen molar-refractivity contribution < 1.29 is 27.5 Å². The number of rotatable bonds is 5. The van der Waals surface area contributed by atoms with Crippen LogP contribution in [0.3, 0.4) is 0 Å². The third-order valence-corrected chi connectivity index (χ3v) is 3.60. The van der Waals surface area contributed by atoms with Gasteiger partial charge in [-0.1, -0.05) is 35.9 Å². The summed E-state index contributed by atoms with van der Waals surface area (Å²) in [5.41, 5.74) is 0.911. The van der Waals surface area contributed by atoms with Gasteiger partial charge >= 0.3 is 12.1 Å². The fourth-order valence-corrected chi connectivity index (χ4v) is 2.20. The lowest BCUT2D eigenvalue weighted by Gasteiger charge is -2.14. The van der Waals surface area contributed by atoms with Gasteiger partial charge in [-0.05, 0) is 37.6 Å². The van der Waals surface area contributed by atoms with Crippen molar-refractivity contribution in [3.8, 4) is 0 Å². The molecule has 0 saturated carbocycles. The van der Waals surface area contributed by atoms with Crippen molar-refractivity contribution in [2.75, 3.05) is 5.32 Å². The van der Waals surface area contributed by atoms with Gasteiger partial charge in [-0.15, -0.1) is 0 Å². The Morgan fingerprint density at radius 3 is 2.38 bits per heavy atom. The number of anilines is 1. The van der Waals surface area contributed by atoms with Gasteiger partial charge < -0.3 is 10.1 Å². The van der Waals surface area contributed by atoms with Gasteiger partial charge in [0.2, 0.25) is 0 Å². The number of esters is 1. The van der Waals surface area contributed by atoms with Gasteiger partial charge in [0.25, 0.3) is 5.91 Å². The van der Waals surface area contributed by atoms with Crippen molar-refractivity contribution in [3.63, 3.8) is 0 Å². The van der Waals surface area contributed by atoms with Crippen molar-refractivity contribution >= 4 is 17.6 Å². The molecular formula is C19H18F3NO3. The maximum Gasteiger partial charge on any atom is 0.416 e. The number of aryl methyl sites for hydroxylation is 1. The van der Waals surface area contributed by atoms with Crippen LogP contribution in [0.5, 0.6) is 0 Å². The van der Waals surface area contributed by atoms with Crippen molar-refractivity contribution in [3.05, 3.63) is 65.2 Å². The number of hydrogen-bond donors (Lipinski definition) is 1. The van der Waals surface area contributed by atoms with E-state index in [1.165, 1.54) is 19.1 Å². The Bertz CT molecular complexity index is 785. The third-order valence-electron chi connectivity index (χ3n) is 3.60. The minimum Gasteiger partial charge on any atom is -0.452 e. The van der Waals surface area contributed by atoms with Crippen molar-refractivity contribution in [1.29, 1.82) is 0 Å². The molecule has 1 amide bonds. The first kappa shape index (κ1) is 19.5. The van der Waals surface area contributed by atoms with Crippen LogP contribution in [0, 0.1) is 6.92 Å². The number of benzene rings is 2. The average Bonchev–Trinajstić information content (AvgIpc) is 2.56. The highest BCUT2D eigenvalue weighted by Crippen LogP contribution is 2.29. The molecule has 0 aliphatic heterocycles. The summed E-state index contributed by atoms with van der Waals surface area (Å²) >= 11 is 0. The molecule has 2 aromatic rings. The van der Waals surface area contributed by atoms with Crippen LogP contribution in [0.25, 0.3) is 0 Å². The van der Waals surface area contributed by atoms with E-state index in [9.17, 15) is 22.8 Å². The van der Waals surface area contributed by atoms with Crippen LogP contribution in [-0.2, 0) is 26.9 Å². The van der Waals surface area contributed by atoms with Crippen LogP contribution >= 0.6 is 0 Å². The van der Waals surface area contributed by atoms with E-state index in [-0.39, 0.29) is 12.0 Å². The molecule has 138 valence electrons. The number of hydrogen-bond acceptors (Lipinski definition) is 3. The fraction of sp³-hybridized carbons (Fsp3) is 0.263. The average molecular weight is 365 g/mol. The summed E-state index contributed by atoms with van der Waals surface area (Å²) in [4.78, 5) is 23.9. The molecule has 26 heavy (non-hydrogen) atoms. The van der Waals surface area contributed by atoms with Gasteiger partial charge in [0, 0.05) is 5.69 Å². The van der Waals surface area contributed by atoms with Crippen molar-refractivity contribution in [2.24, 2.45) is 0 Å². The van der Waals surface area contributed by atoms with E-state index in [0.29, 0.717) is 5.69 Å². The summed E-state index contributed by atoms with van der Waals surface area (Å²) < 4.78 is 43.1. The zero-order valence-corrected chi connectivity index (χ0v) is 14.3. The quantitative estimate of drug-likeness (QED) is 0.811. The summed E-state index contributed by atoms with van der Waals surface area (Å²) in [5.74, 6) is -1.30. The van der Waals surface area contributed by atoms with Crippen LogP contribution in [0.4, 0.5) is 18.9 Å². The third kappa shape index (κ3) is 5.61. The molecule has 2 rings (SSSR count). The number of nitrogens with one attached hydrogen (secondary N) is 1. The molecule has 1 N–H and O–H groups in total. The van der Waals surface area contributed by atoms with Crippen LogP contribution < -0.4 is 5.32 Å². The first-order valence-corrected chi connectivity index (χ1v) is 7.88. The number of halogens is 3. The van der Waals surface area contributed by atoms with Crippen LogP contribution in [0.15, 0.2) is 48.5 Å². The highest BCUT2D eigenvalue weighted by Gasteiger charge is 2.30. The molecule has 0 unspecified atom stereocenters. The number of ether oxygens (including phenoxy) is 1. The monoisotopic (exact) mass is 365 g/mol. The number of alkyl halides is 3. The van der Waals surface area contributed by atoms with E-state index in [0.717, 1.165) is 17.7 Å². The molecule has 1 atom stereocenters. The van der Waals surface area contributed by atoms with Gasteiger partial charge in [0.15, 0.2) is 6.10 Å². The first-order valence-electron chi connectivity index (χ1n) is 7.88. The molecule has 0 spiro atoms. The molecule has 0 bridgehead atoms. The second kappa shape index (κ2) is 8.03. The fourth-order valence-electron chi connectivity index (χ4n) is 2.20. The summed E-state index contributed by atoms with van der Waals surface area (Å²) in [7, 11) is 0. The standard InChI is InChI=1S/C19H18F3NO3/c1-12-6-8-16(9-7-12)23-18(25)13(2)26-17(24)11-14-4-3-5-15(10-14)19(20,21)22/h3-10,13H,11H2,1-2H3,(H,23,25)/t13-/m0/s1. The van der Waals surface area contributed by atoms with E-state index < -0.39 is 29.7 Å². The van der Waals surface area contributed by atoms with E-state index in [1.54, 1.807) is 12.1 Å². The number of amides is 1. The predicted octanol–water partition coefficient (Wildman–Crippen LogP) is 4.13. The lowest BCUT2D eigenvalue weighted by atomic mass is 10.1. The smallest absolute Gasteiger partial charge is 0.416 e. The lowest BCUT2D eigenvalue weighted by molar-refractivity contribution is -0.152. The molecule has 0 aliphatic rings. The molecule has 4 nitrogen and oxygen atoms in total. The van der Waals surface area contributed by atoms with Gasteiger partial charge in [-0.2, -0.15) is 13.2 Å². The van der Waals surface area contributed by atoms with Crippen molar-refractivity contribution in [1.82, 2.24) is 0 Å². The van der Waals surface area contributed by atoms with E-state index >= 15 is 0 Å². The topological polar surface area (TPSA) is 55.4 Å². The van der Waals surface area contributed by atoms with Crippen molar-refractivity contribution in [2.45, 2.75) is 32.5 Å².